The van der Waals surface area contributed by atoms with Gasteiger partial charge in [0.15, 0.2) is 0 Å². The van der Waals surface area contributed by atoms with E-state index in [9.17, 15) is 0 Å². The second-order valence-electron chi connectivity index (χ2n) is 4.91. The molecule has 18 heavy (non-hydrogen) atoms. The molecular formula is C13H21N5. The molecule has 0 saturated heterocycles. The number of nitrogens with one attached hydrogen (secondary N) is 1. The summed E-state index contributed by atoms with van der Waals surface area (Å²) in [6, 6.07) is 2.58. The highest BCUT2D eigenvalue weighted by molar-refractivity contribution is 5.10. The number of rotatable bonds is 5. The summed E-state index contributed by atoms with van der Waals surface area (Å²) in [7, 11) is 1.98. The minimum absolute atomic E-state index is 0.467. The molecule has 1 N–H and O–H groups in total. The number of hydrogen-bond acceptors (Lipinski definition) is 3. The Kier molecular flexibility index (Phi) is 3.81. The van der Waals surface area contributed by atoms with E-state index >= 15 is 0 Å². The van der Waals surface area contributed by atoms with Crippen LogP contribution in [0.5, 0.6) is 0 Å². The summed E-state index contributed by atoms with van der Waals surface area (Å²) in [4.78, 5) is 4.39. The van der Waals surface area contributed by atoms with Gasteiger partial charge in [-0.25, -0.2) is 4.98 Å². The van der Waals surface area contributed by atoms with Gasteiger partial charge in [-0.3, -0.25) is 4.68 Å². The van der Waals surface area contributed by atoms with E-state index in [1.165, 1.54) is 5.69 Å². The minimum Gasteiger partial charge on any atom is -0.328 e. The van der Waals surface area contributed by atoms with Crippen LogP contribution in [0.15, 0.2) is 18.5 Å². The van der Waals surface area contributed by atoms with E-state index in [0.29, 0.717) is 6.04 Å². The first-order valence-corrected chi connectivity index (χ1v) is 6.29. The van der Waals surface area contributed by atoms with E-state index in [1.54, 1.807) is 0 Å². The molecule has 0 aliphatic rings. The van der Waals surface area contributed by atoms with Gasteiger partial charge in [-0.1, -0.05) is 13.8 Å². The highest BCUT2D eigenvalue weighted by Crippen LogP contribution is 2.07. The smallest absolute Gasteiger partial charge is 0.123 e. The van der Waals surface area contributed by atoms with Gasteiger partial charge in [0.1, 0.15) is 5.82 Å². The molecule has 0 aromatic carbocycles. The van der Waals surface area contributed by atoms with Gasteiger partial charge in [0, 0.05) is 25.5 Å². The number of aromatic nitrogens is 4. The van der Waals surface area contributed by atoms with Crippen molar-refractivity contribution in [2.24, 2.45) is 7.05 Å². The van der Waals surface area contributed by atoms with E-state index in [2.05, 4.69) is 39.9 Å². The van der Waals surface area contributed by atoms with Crippen LogP contribution in [-0.2, 0) is 20.1 Å². The summed E-state index contributed by atoms with van der Waals surface area (Å²) in [6.07, 6.45) is 3.86. The molecule has 0 unspecified atom stereocenters. The summed E-state index contributed by atoms with van der Waals surface area (Å²) in [6.45, 7) is 7.89. The summed E-state index contributed by atoms with van der Waals surface area (Å²) in [5.41, 5.74) is 2.24. The van der Waals surface area contributed by atoms with Gasteiger partial charge < -0.3 is 9.88 Å². The van der Waals surface area contributed by atoms with Gasteiger partial charge >= 0.3 is 0 Å². The van der Waals surface area contributed by atoms with Gasteiger partial charge in [-0.2, -0.15) is 5.10 Å². The van der Waals surface area contributed by atoms with Crippen molar-refractivity contribution in [3.63, 3.8) is 0 Å². The predicted molar refractivity (Wildman–Crippen MR) is 71.2 cm³/mol. The molecule has 0 atom stereocenters. The second kappa shape index (κ2) is 5.35. The fraction of sp³-hybridized carbons (Fsp3) is 0.538. The highest BCUT2D eigenvalue weighted by atomic mass is 15.3. The Balaban J connectivity index is 2.10. The summed E-state index contributed by atoms with van der Waals surface area (Å²) < 4.78 is 4.08. The molecule has 0 fully saturated rings. The second-order valence-corrected chi connectivity index (χ2v) is 4.91. The summed E-state index contributed by atoms with van der Waals surface area (Å²) >= 11 is 0. The van der Waals surface area contributed by atoms with Gasteiger partial charge in [0.25, 0.3) is 0 Å². The van der Waals surface area contributed by atoms with Crippen molar-refractivity contribution in [1.82, 2.24) is 24.6 Å². The van der Waals surface area contributed by atoms with E-state index < -0.39 is 0 Å². The molecule has 2 aromatic heterocycles. The molecule has 98 valence electrons. The average molecular weight is 247 g/mol. The van der Waals surface area contributed by atoms with E-state index in [-0.39, 0.29) is 0 Å². The number of nitrogens with zero attached hydrogens (tertiary/aromatic N) is 4. The standard InChI is InChI=1S/C13H21N5/c1-10(2)15-8-13-14-5-6-18(13)9-12-7-11(3)16-17(12)4/h5-7,10,15H,8-9H2,1-4H3. The average Bonchev–Trinajstić information content (AvgIpc) is 2.84. The van der Waals surface area contributed by atoms with Gasteiger partial charge in [0.2, 0.25) is 0 Å². The van der Waals surface area contributed by atoms with Crippen molar-refractivity contribution in [2.75, 3.05) is 0 Å². The van der Waals surface area contributed by atoms with Crippen LogP contribution in [0.25, 0.3) is 0 Å². The van der Waals surface area contributed by atoms with Crippen molar-refractivity contribution in [2.45, 2.75) is 39.9 Å². The predicted octanol–water partition coefficient (Wildman–Crippen LogP) is 1.47. The van der Waals surface area contributed by atoms with Crippen molar-refractivity contribution in [3.05, 3.63) is 35.7 Å². The lowest BCUT2D eigenvalue weighted by molar-refractivity contribution is 0.548. The highest BCUT2D eigenvalue weighted by Gasteiger charge is 2.07. The molecule has 0 spiro atoms. The fourth-order valence-corrected chi connectivity index (χ4v) is 1.93. The van der Waals surface area contributed by atoms with Crippen LogP contribution in [0, 0.1) is 6.92 Å². The Morgan fingerprint density at radius 1 is 1.39 bits per heavy atom. The minimum atomic E-state index is 0.467. The van der Waals surface area contributed by atoms with Crippen molar-refractivity contribution in [3.8, 4) is 0 Å². The first kappa shape index (κ1) is 12.8. The van der Waals surface area contributed by atoms with Crippen LogP contribution >= 0.6 is 0 Å². The first-order valence-electron chi connectivity index (χ1n) is 6.29. The maximum Gasteiger partial charge on any atom is 0.123 e. The van der Waals surface area contributed by atoms with Crippen LogP contribution in [-0.4, -0.2) is 25.4 Å². The molecule has 5 nitrogen and oxygen atoms in total. The Morgan fingerprint density at radius 3 is 2.78 bits per heavy atom. The number of hydrogen-bond donors (Lipinski definition) is 1. The Morgan fingerprint density at radius 2 is 2.17 bits per heavy atom. The summed E-state index contributed by atoms with van der Waals surface area (Å²) in [5.74, 6) is 1.06. The van der Waals surface area contributed by atoms with Gasteiger partial charge in [-0.05, 0) is 13.0 Å². The zero-order valence-corrected chi connectivity index (χ0v) is 11.5. The molecule has 0 amide bonds. The number of imidazole rings is 1. The Hall–Kier alpha value is -1.62. The quantitative estimate of drug-likeness (QED) is 0.870. The van der Waals surface area contributed by atoms with Crippen molar-refractivity contribution in [1.29, 1.82) is 0 Å². The zero-order chi connectivity index (χ0) is 13.1. The molecule has 0 aliphatic heterocycles. The molecule has 0 aliphatic carbocycles. The third-order valence-electron chi connectivity index (χ3n) is 2.90. The topological polar surface area (TPSA) is 47.7 Å². The molecule has 2 heterocycles. The van der Waals surface area contributed by atoms with Crippen LogP contribution < -0.4 is 5.32 Å². The largest absolute Gasteiger partial charge is 0.328 e. The Bertz CT molecular complexity index is 509. The van der Waals surface area contributed by atoms with Crippen molar-refractivity contribution < 1.29 is 0 Å². The van der Waals surface area contributed by atoms with E-state index in [1.807, 2.05) is 31.0 Å². The monoisotopic (exact) mass is 247 g/mol. The van der Waals surface area contributed by atoms with Crippen LogP contribution in [0.2, 0.25) is 0 Å². The molecule has 0 radical (unpaired) electrons. The molecule has 0 bridgehead atoms. The molecule has 5 heteroatoms. The normalized spacial score (nSPS) is 11.4. The lowest BCUT2D eigenvalue weighted by atomic mass is 10.3. The first-order chi connectivity index (χ1) is 8.56. The maximum atomic E-state index is 4.39. The Labute approximate surface area is 108 Å². The van der Waals surface area contributed by atoms with Crippen LogP contribution in [0.1, 0.15) is 31.1 Å². The van der Waals surface area contributed by atoms with Crippen molar-refractivity contribution >= 4 is 0 Å². The zero-order valence-electron chi connectivity index (χ0n) is 11.5. The van der Waals surface area contributed by atoms with Crippen LogP contribution in [0.3, 0.4) is 0 Å². The molecular weight excluding hydrogens is 226 g/mol. The molecule has 2 rings (SSSR count). The van der Waals surface area contributed by atoms with Crippen LogP contribution in [0.4, 0.5) is 0 Å². The van der Waals surface area contributed by atoms with E-state index in [0.717, 1.165) is 24.6 Å². The fourth-order valence-electron chi connectivity index (χ4n) is 1.93. The maximum absolute atomic E-state index is 4.39. The molecule has 2 aromatic rings. The third-order valence-corrected chi connectivity index (χ3v) is 2.90. The van der Waals surface area contributed by atoms with E-state index in [4.69, 9.17) is 0 Å². The lowest BCUT2D eigenvalue weighted by Crippen LogP contribution is -2.24. The molecule has 0 saturated carbocycles. The third kappa shape index (κ3) is 2.98. The van der Waals surface area contributed by atoms with Gasteiger partial charge in [0.05, 0.1) is 24.5 Å². The summed E-state index contributed by atoms with van der Waals surface area (Å²) in [5, 5.41) is 7.75. The SMILES string of the molecule is Cc1cc(Cn2ccnc2CNC(C)C)n(C)n1. The van der Waals surface area contributed by atoms with Gasteiger partial charge in [-0.15, -0.1) is 0 Å². The number of aryl methyl sites for hydroxylation is 2. The lowest BCUT2D eigenvalue weighted by Gasteiger charge is -2.10.